The molecule has 0 atom stereocenters. The summed E-state index contributed by atoms with van der Waals surface area (Å²) in [4.78, 5) is 29.1. The largest absolute Gasteiger partial charge is 2.00 e. The number of phenolic OH excluding ortho intramolecular Hbond substituents is 1. The molecule has 0 saturated carbocycles. The topological polar surface area (TPSA) is 129 Å². The molecule has 0 aliphatic heterocycles. The van der Waals surface area contributed by atoms with Gasteiger partial charge in [-0.15, -0.1) is 63.8 Å². The van der Waals surface area contributed by atoms with Gasteiger partial charge in [-0.25, -0.2) is 9.97 Å². The van der Waals surface area contributed by atoms with Gasteiger partial charge in [0.25, 0.3) is 0 Å². The molecule has 12 nitrogen and oxygen atoms in total. The third-order valence-corrected chi connectivity index (χ3v) is 29.9. The number of rotatable bonds is 7. The Hall–Kier alpha value is -14.6. The SMILES string of the molecule is CC(C)(C)c1ccnc(-c2[c-]c(Oc3[c-]c4c(cc3)c3ccc5sc6ccccc6c5c3n3c5ccccc5nc43)ccc2)c1.CC(C)(C)c1ccnc(-c2cccc(Br)c2)c1.CC(C)(C)c1ccnc(-c2cccc(Oc3ccc4c(c3)c3nc5ccccc5n3c3c4ccc4sc5ccccc5c43)c2)c1.Oc1ccc2c(c1)c1nc3ccccc3n1c1c2ccc2sc3ccccc3c21.[Pd+2]. The minimum atomic E-state index is 0. The molecular formula is C120H86BrN9O3PdS3. The monoisotopic (exact) mass is 1980 g/mol. The number of hydrogen-bond donors (Lipinski definition) is 1. The van der Waals surface area contributed by atoms with Crippen molar-refractivity contribution in [2.24, 2.45) is 0 Å². The van der Waals surface area contributed by atoms with Crippen molar-refractivity contribution < 1.29 is 35.0 Å². The number of benzene rings is 15. The van der Waals surface area contributed by atoms with Crippen LogP contribution in [0.4, 0.5) is 0 Å². The van der Waals surface area contributed by atoms with E-state index in [0.29, 0.717) is 11.5 Å². The normalized spacial score (nSPS) is 12.1. The van der Waals surface area contributed by atoms with E-state index >= 15 is 0 Å². The molecule has 137 heavy (non-hydrogen) atoms. The van der Waals surface area contributed by atoms with E-state index in [1.165, 1.54) is 105 Å². The Kier molecular flexibility index (Phi) is 21.5. The van der Waals surface area contributed by atoms with E-state index in [4.69, 9.17) is 24.4 Å². The number of nitrogens with zero attached hydrogens (tertiary/aromatic N) is 9. The standard InChI is InChI=1S/C40H29N3OS.C40H27N3OS.C25H14N2OS.C15H16BrN.Pd/c2*1-40(2,3)25-19-20-41-33(22-25)24-9-8-10-26(21-24)44-27-15-16-28-29-17-18-36-37(30-11-4-7-14-35(30)45-36)38(29)43-34-13-6-5-12-32(34)42-39(43)31(28)23-27;28-14-9-10-15-16-11-12-22-23(17-5-1-4-8-21(17)29-22)24(16)27-20-7-3-2-6-19(20)26-25(27)18(15)13-14;1-15(2,3)12-7-8-17-14(10-12)11-5-4-6-13(16)9-11;/h4-23H,1-3H3;4-20,22H,1-3H3;1-13,28H;4-10H,1-3H3;/q;-2;;;+2. The molecule has 0 amide bonds. The molecule has 1 N–H and O–H groups in total. The van der Waals surface area contributed by atoms with Gasteiger partial charge in [0.05, 0.1) is 61.2 Å². The molecule has 0 aliphatic rings. The van der Waals surface area contributed by atoms with Crippen molar-refractivity contribution in [3.05, 3.63) is 386 Å². The first-order chi connectivity index (χ1) is 66.1. The summed E-state index contributed by atoms with van der Waals surface area (Å²) in [6, 6.07) is 123. The first-order valence-corrected chi connectivity index (χ1v) is 48.8. The number of hydrogen-bond acceptors (Lipinski definition) is 12. The predicted molar refractivity (Wildman–Crippen MR) is 574 cm³/mol. The van der Waals surface area contributed by atoms with Gasteiger partial charge >= 0.3 is 20.4 Å². The van der Waals surface area contributed by atoms with E-state index < -0.39 is 0 Å². The molecule has 0 aliphatic carbocycles. The van der Waals surface area contributed by atoms with Crippen molar-refractivity contribution in [3.63, 3.8) is 0 Å². The third kappa shape index (κ3) is 15.4. The molecule has 15 aromatic carbocycles. The zero-order valence-electron chi connectivity index (χ0n) is 76.2. The maximum absolute atomic E-state index is 10.2. The predicted octanol–water partition coefficient (Wildman–Crippen LogP) is 33.9. The van der Waals surface area contributed by atoms with Gasteiger partial charge in [-0.05, 0) is 219 Å². The number of imidazole rings is 3. The van der Waals surface area contributed by atoms with Crippen LogP contribution in [-0.2, 0) is 36.7 Å². The average Bonchev–Trinajstić information content (AvgIpc) is 1.58. The summed E-state index contributed by atoms with van der Waals surface area (Å²) < 4.78 is 28.7. The van der Waals surface area contributed by atoms with Crippen LogP contribution in [0, 0.1) is 12.1 Å². The summed E-state index contributed by atoms with van der Waals surface area (Å²) in [7, 11) is 0. The number of halogens is 1. The molecule has 0 saturated heterocycles. The summed E-state index contributed by atoms with van der Waals surface area (Å²) in [5.74, 6) is 3.02. The van der Waals surface area contributed by atoms with Crippen LogP contribution in [0.1, 0.15) is 79.0 Å². The van der Waals surface area contributed by atoms with E-state index in [2.05, 4.69) is 373 Å². The molecule has 27 aromatic rings. The average molecular weight is 1980 g/mol. The van der Waals surface area contributed by atoms with Crippen molar-refractivity contribution in [2.75, 3.05) is 0 Å². The van der Waals surface area contributed by atoms with Gasteiger partial charge in [-0.2, -0.15) is 0 Å². The molecular weight excluding hydrogens is 1900 g/mol. The first kappa shape index (κ1) is 86.5. The summed E-state index contributed by atoms with van der Waals surface area (Å²) in [6.45, 7) is 19.9. The Labute approximate surface area is 823 Å². The van der Waals surface area contributed by atoms with Gasteiger partial charge in [-0.1, -0.05) is 247 Å². The zero-order chi connectivity index (χ0) is 92.1. The van der Waals surface area contributed by atoms with Crippen LogP contribution in [-0.4, -0.2) is 48.2 Å². The number of para-hydroxylation sites is 6. The van der Waals surface area contributed by atoms with Crippen LogP contribution in [0.2, 0.25) is 0 Å². The van der Waals surface area contributed by atoms with Gasteiger partial charge in [0.1, 0.15) is 28.5 Å². The van der Waals surface area contributed by atoms with E-state index in [9.17, 15) is 5.11 Å². The Morgan fingerprint density at radius 1 is 0.307 bits per heavy atom. The maximum Gasteiger partial charge on any atom is 2.00 e. The number of aromatic nitrogens is 9. The van der Waals surface area contributed by atoms with Crippen molar-refractivity contribution in [3.8, 4) is 62.5 Å². The van der Waals surface area contributed by atoms with Crippen LogP contribution in [0.5, 0.6) is 28.7 Å². The molecule has 27 rings (SSSR count). The Balaban J connectivity index is 0.000000108. The number of aromatic hydroxyl groups is 1. The second-order valence-electron chi connectivity index (χ2n) is 37.8. The van der Waals surface area contributed by atoms with Gasteiger partial charge in [0.15, 0.2) is 0 Å². The Bertz CT molecular complexity index is 9240. The van der Waals surface area contributed by atoms with Crippen LogP contribution in [0.3, 0.4) is 0 Å². The number of thiophene rings is 3. The number of ether oxygens (including phenoxy) is 2. The minimum absolute atomic E-state index is 0. The summed E-state index contributed by atoms with van der Waals surface area (Å²) in [5.41, 5.74) is 22.3. The van der Waals surface area contributed by atoms with E-state index in [0.717, 1.165) is 137 Å². The first-order valence-electron chi connectivity index (χ1n) is 45.6. The summed E-state index contributed by atoms with van der Waals surface area (Å²) >= 11 is 9.00. The number of fused-ring (bicyclic) bond motifs is 36. The molecule has 0 fully saturated rings. The van der Waals surface area contributed by atoms with E-state index in [-0.39, 0.29) is 42.4 Å². The van der Waals surface area contributed by atoms with Gasteiger partial charge < -0.3 is 24.0 Å². The maximum atomic E-state index is 10.2. The second kappa shape index (κ2) is 34.0. The van der Waals surface area contributed by atoms with E-state index in [1.807, 2.05) is 125 Å². The fourth-order valence-corrected chi connectivity index (χ4v) is 23.1. The van der Waals surface area contributed by atoms with Crippen molar-refractivity contribution in [2.45, 2.75) is 78.6 Å². The summed E-state index contributed by atoms with van der Waals surface area (Å²) in [6.07, 6.45) is 5.64. The summed E-state index contributed by atoms with van der Waals surface area (Å²) in [5, 5.41) is 27.7. The molecule has 17 heteroatoms. The third-order valence-electron chi connectivity index (χ3n) is 26.0. The van der Waals surface area contributed by atoms with Crippen LogP contribution in [0.25, 0.3) is 209 Å². The molecule has 0 bridgehead atoms. The van der Waals surface area contributed by atoms with Crippen LogP contribution >= 0.6 is 49.9 Å². The fraction of sp³-hybridized carbons (Fsp3) is 0.100. The Morgan fingerprint density at radius 3 is 1.22 bits per heavy atom. The molecule has 12 heterocycles. The molecule has 664 valence electrons. The molecule has 0 radical (unpaired) electrons. The van der Waals surface area contributed by atoms with E-state index in [1.54, 1.807) is 6.07 Å². The van der Waals surface area contributed by atoms with Gasteiger partial charge in [-0.3, -0.25) is 23.8 Å². The van der Waals surface area contributed by atoms with Crippen LogP contribution < -0.4 is 9.47 Å². The number of phenols is 1. The Morgan fingerprint density at radius 2 is 0.708 bits per heavy atom. The molecule has 0 unspecified atom stereocenters. The number of pyridine rings is 6. The minimum Gasteiger partial charge on any atom is -0.508 e. The van der Waals surface area contributed by atoms with Gasteiger partial charge in [0.2, 0.25) is 0 Å². The van der Waals surface area contributed by atoms with Gasteiger partial charge in [0, 0.05) is 133 Å². The van der Waals surface area contributed by atoms with Crippen LogP contribution in [0.15, 0.2) is 357 Å². The van der Waals surface area contributed by atoms with Crippen molar-refractivity contribution in [1.82, 2.24) is 43.1 Å². The molecule has 12 aromatic heterocycles. The van der Waals surface area contributed by atoms with Crippen molar-refractivity contribution >= 4 is 226 Å². The second-order valence-corrected chi connectivity index (χ2v) is 42.0. The smallest absolute Gasteiger partial charge is 0.508 e. The fourth-order valence-electron chi connectivity index (χ4n) is 19.4. The van der Waals surface area contributed by atoms with Crippen molar-refractivity contribution in [1.29, 1.82) is 0 Å². The zero-order valence-corrected chi connectivity index (χ0v) is 81.8. The quantitative estimate of drug-likeness (QED) is 0.0942. The molecule has 0 spiro atoms.